The van der Waals surface area contributed by atoms with Crippen LogP contribution in [0.4, 0.5) is 4.39 Å². The normalized spacial score (nSPS) is 19.8. The predicted octanol–water partition coefficient (Wildman–Crippen LogP) is 1.78. The van der Waals surface area contributed by atoms with E-state index < -0.39 is 0 Å². The minimum absolute atomic E-state index is 0.166. The first-order chi connectivity index (χ1) is 6.24. The van der Waals surface area contributed by atoms with E-state index in [4.69, 9.17) is 10.5 Å². The number of halogens is 1. The first-order valence-electron chi connectivity index (χ1n) is 4.43. The fourth-order valence-corrected chi connectivity index (χ4v) is 1.77. The monoisotopic (exact) mass is 181 g/mol. The molecule has 0 amide bonds. The molecule has 0 unspecified atom stereocenters. The largest absolute Gasteiger partial charge is 0.491 e. The number of rotatable bonds is 1. The summed E-state index contributed by atoms with van der Waals surface area (Å²) in [4.78, 5) is 0. The molecule has 3 heteroatoms. The Balaban J connectivity index is 2.60. The van der Waals surface area contributed by atoms with Crippen LogP contribution in [0.25, 0.3) is 0 Å². The molecule has 1 aromatic carbocycles. The maximum atomic E-state index is 13.3. The molecule has 0 aromatic heterocycles. The van der Waals surface area contributed by atoms with Crippen molar-refractivity contribution in [2.24, 2.45) is 5.73 Å². The summed E-state index contributed by atoms with van der Waals surface area (Å²) in [6.07, 6.45) is 0.659. The molecule has 2 nitrogen and oxygen atoms in total. The quantitative estimate of drug-likeness (QED) is 0.716. The third kappa shape index (κ3) is 1.20. The highest BCUT2D eigenvalue weighted by molar-refractivity contribution is 5.45. The summed E-state index contributed by atoms with van der Waals surface area (Å²) in [5.74, 6) is 0.563. The lowest BCUT2D eigenvalue weighted by Crippen LogP contribution is -2.13. The molecule has 0 bridgehead atoms. The molecule has 0 fully saturated rings. The van der Waals surface area contributed by atoms with Crippen LogP contribution in [0, 0.1) is 5.82 Å². The Bertz CT molecular complexity index is 338. The second kappa shape index (κ2) is 3.00. The van der Waals surface area contributed by atoms with Crippen LogP contribution in [-0.4, -0.2) is 6.61 Å². The molecular weight excluding hydrogens is 169 g/mol. The topological polar surface area (TPSA) is 35.2 Å². The van der Waals surface area contributed by atoms with Gasteiger partial charge in [0.15, 0.2) is 0 Å². The third-order valence-corrected chi connectivity index (χ3v) is 2.40. The number of ether oxygens (including phenoxy) is 1. The zero-order valence-electron chi connectivity index (χ0n) is 7.51. The lowest BCUT2D eigenvalue weighted by molar-refractivity contribution is 0.333. The standard InChI is InChI=1S/C10H12FNO/c1-2-6-7(11)3-4-9-10(6)8(12)5-13-9/h3-4,8H,2,5,12H2,1H3/t8-/m1/s1. The second-order valence-corrected chi connectivity index (χ2v) is 3.21. The van der Waals surface area contributed by atoms with E-state index in [2.05, 4.69) is 0 Å². The van der Waals surface area contributed by atoms with Gasteiger partial charge in [-0.3, -0.25) is 0 Å². The van der Waals surface area contributed by atoms with Gasteiger partial charge >= 0.3 is 0 Å². The van der Waals surface area contributed by atoms with Crippen LogP contribution in [0.3, 0.4) is 0 Å². The van der Waals surface area contributed by atoms with Crippen molar-refractivity contribution < 1.29 is 9.13 Å². The van der Waals surface area contributed by atoms with Crippen LogP contribution < -0.4 is 10.5 Å². The van der Waals surface area contributed by atoms with Gasteiger partial charge in [0.2, 0.25) is 0 Å². The van der Waals surface area contributed by atoms with Gasteiger partial charge in [-0.25, -0.2) is 4.39 Å². The Hall–Kier alpha value is -1.09. The van der Waals surface area contributed by atoms with Gasteiger partial charge < -0.3 is 10.5 Å². The van der Waals surface area contributed by atoms with Crippen molar-refractivity contribution in [2.45, 2.75) is 19.4 Å². The van der Waals surface area contributed by atoms with Gasteiger partial charge in [0.25, 0.3) is 0 Å². The second-order valence-electron chi connectivity index (χ2n) is 3.21. The Morgan fingerprint density at radius 1 is 1.62 bits per heavy atom. The summed E-state index contributed by atoms with van der Waals surface area (Å²) in [7, 11) is 0. The molecule has 0 spiro atoms. The summed E-state index contributed by atoms with van der Waals surface area (Å²) >= 11 is 0. The number of fused-ring (bicyclic) bond motifs is 1. The highest BCUT2D eigenvalue weighted by Gasteiger charge is 2.25. The molecule has 1 aromatic rings. The molecule has 1 aliphatic rings. The first-order valence-corrected chi connectivity index (χ1v) is 4.43. The molecule has 0 radical (unpaired) electrons. The molecule has 0 saturated carbocycles. The van der Waals surface area contributed by atoms with Crippen LogP contribution in [0.1, 0.15) is 24.1 Å². The fourth-order valence-electron chi connectivity index (χ4n) is 1.77. The van der Waals surface area contributed by atoms with Gasteiger partial charge in [-0.05, 0) is 24.1 Å². The lowest BCUT2D eigenvalue weighted by Gasteiger charge is -2.08. The smallest absolute Gasteiger partial charge is 0.126 e. The Morgan fingerprint density at radius 2 is 2.38 bits per heavy atom. The maximum Gasteiger partial charge on any atom is 0.126 e. The van der Waals surface area contributed by atoms with Crippen LogP contribution in [-0.2, 0) is 6.42 Å². The van der Waals surface area contributed by atoms with Crippen LogP contribution in [0.2, 0.25) is 0 Å². The van der Waals surface area contributed by atoms with Crippen LogP contribution in [0.5, 0.6) is 5.75 Å². The zero-order valence-corrected chi connectivity index (χ0v) is 7.51. The number of hydrogen-bond acceptors (Lipinski definition) is 2. The fraction of sp³-hybridized carbons (Fsp3) is 0.400. The van der Waals surface area contributed by atoms with Crippen molar-refractivity contribution >= 4 is 0 Å². The van der Waals surface area contributed by atoms with Crippen molar-refractivity contribution in [1.82, 2.24) is 0 Å². The number of hydrogen-bond donors (Lipinski definition) is 1. The van der Waals surface area contributed by atoms with Gasteiger partial charge in [-0.2, -0.15) is 0 Å². The molecule has 13 heavy (non-hydrogen) atoms. The minimum Gasteiger partial charge on any atom is -0.491 e. The molecule has 1 aliphatic heterocycles. The van der Waals surface area contributed by atoms with Crippen molar-refractivity contribution in [3.63, 3.8) is 0 Å². The van der Waals surface area contributed by atoms with Gasteiger partial charge in [0, 0.05) is 5.56 Å². The Morgan fingerprint density at radius 3 is 3.08 bits per heavy atom. The first kappa shape index (κ1) is 8.51. The minimum atomic E-state index is -0.179. The molecule has 0 saturated heterocycles. The summed E-state index contributed by atoms with van der Waals surface area (Å²) < 4.78 is 18.6. The Labute approximate surface area is 76.5 Å². The van der Waals surface area contributed by atoms with E-state index in [0.717, 1.165) is 11.3 Å². The molecule has 2 rings (SSSR count). The summed E-state index contributed by atoms with van der Waals surface area (Å²) in [5.41, 5.74) is 7.35. The summed E-state index contributed by atoms with van der Waals surface area (Å²) in [5, 5.41) is 0. The molecule has 2 N–H and O–H groups in total. The summed E-state index contributed by atoms with van der Waals surface area (Å²) in [6.45, 7) is 2.38. The van der Waals surface area contributed by atoms with Crippen LogP contribution >= 0.6 is 0 Å². The van der Waals surface area contributed by atoms with Gasteiger partial charge in [0.1, 0.15) is 18.2 Å². The van der Waals surface area contributed by atoms with Crippen molar-refractivity contribution in [1.29, 1.82) is 0 Å². The van der Waals surface area contributed by atoms with Crippen molar-refractivity contribution in [2.75, 3.05) is 6.61 Å². The van der Waals surface area contributed by atoms with Crippen molar-refractivity contribution in [3.05, 3.63) is 29.1 Å². The highest BCUT2D eigenvalue weighted by atomic mass is 19.1. The number of nitrogens with two attached hydrogens (primary N) is 1. The van der Waals surface area contributed by atoms with E-state index in [1.807, 2.05) is 6.92 Å². The van der Waals surface area contributed by atoms with Gasteiger partial charge in [-0.1, -0.05) is 6.92 Å². The van der Waals surface area contributed by atoms with E-state index in [9.17, 15) is 4.39 Å². The SMILES string of the molecule is CCc1c(F)ccc2c1[C@H](N)CO2. The van der Waals surface area contributed by atoms with E-state index >= 15 is 0 Å². The van der Waals surface area contributed by atoms with Gasteiger partial charge in [0.05, 0.1) is 6.04 Å². The average Bonchev–Trinajstić information content (AvgIpc) is 2.49. The van der Waals surface area contributed by atoms with Gasteiger partial charge in [-0.15, -0.1) is 0 Å². The summed E-state index contributed by atoms with van der Waals surface area (Å²) in [6, 6.07) is 2.92. The van der Waals surface area contributed by atoms with E-state index in [1.165, 1.54) is 6.07 Å². The molecule has 1 heterocycles. The van der Waals surface area contributed by atoms with E-state index in [-0.39, 0.29) is 11.9 Å². The predicted molar refractivity (Wildman–Crippen MR) is 48.2 cm³/mol. The molecular formula is C10H12FNO. The van der Waals surface area contributed by atoms with E-state index in [1.54, 1.807) is 6.07 Å². The molecule has 0 aliphatic carbocycles. The third-order valence-electron chi connectivity index (χ3n) is 2.40. The van der Waals surface area contributed by atoms with E-state index in [0.29, 0.717) is 18.6 Å². The average molecular weight is 181 g/mol. The van der Waals surface area contributed by atoms with Crippen LogP contribution in [0.15, 0.2) is 12.1 Å². The molecule has 1 atom stereocenters. The lowest BCUT2D eigenvalue weighted by atomic mass is 9.99. The zero-order chi connectivity index (χ0) is 9.42. The van der Waals surface area contributed by atoms with Crippen molar-refractivity contribution in [3.8, 4) is 5.75 Å². The molecule has 70 valence electrons. The maximum absolute atomic E-state index is 13.3. The number of benzene rings is 1. The Kier molecular flexibility index (Phi) is 1.96. The highest BCUT2D eigenvalue weighted by Crippen LogP contribution is 2.35.